The van der Waals surface area contributed by atoms with Gasteiger partial charge in [0.2, 0.25) is 0 Å². The molecule has 0 amide bonds. The first-order chi connectivity index (χ1) is 9.47. The molecule has 1 heterocycles. The second-order valence-electron chi connectivity index (χ2n) is 4.84. The Morgan fingerprint density at radius 3 is 2.60 bits per heavy atom. The standard InChI is InChI=1S/C14H18F3NOS/c1-19-12-7-11(14(15,16)17)13(20-2)6-10(12)9-4-3-5-18-8-9/h6-7,9,18H,3-5,8H2,1-2H3/t9-/m1/s1. The monoisotopic (exact) mass is 305 g/mol. The maximum atomic E-state index is 13.0. The number of halogens is 3. The van der Waals surface area contributed by atoms with E-state index in [9.17, 15) is 13.2 Å². The lowest BCUT2D eigenvalue weighted by Gasteiger charge is -2.26. The maximum Gasteiger partial charge on any atom is 0.417 e. The molecule has 0 aliphatic carbocycles. The second-order valence-corrected chi connectivity index (χ2v) is 5.68. The van der Waals surface area contributed by atoms with E-state index >= 15 is 0 Å². The second kappa shape index (κ2) is 6.26. The normalized spacial score (nSPS) is 19.9. The van der Waals surface area contributed by atoms with Crippen molar-refractivity contribution < 1.29 is 17.9 Å². The molecule has 6 heteroatoms. The van der Waals surface area contributed by atoms with Gasteiger partial charge in [0.05, 0.1) is 12.7 Å². The molecule has 0 aromatic heterocycles. The van der Waals surface area contributed by atoms with Gasteiger partial charge in [-0.3, -0.25) is 0 Å². The van der Waals surface area contributed by atoms with Crippen LogP contribution in [0.5, 0.6) is 5.75 Å². The molecular formula is C14H18F3NOS. The molecule has 1 N–H and O–H groups in total. The Labute approximate surface area is 121 Å². The molecule has 2 nitrogen and oxygen atoms in total. The zero-order valence-corrected chi connectivity index (χ0v) is 12.3. The molecule has 0 unspecified atom stereocenters. The van der Waals surface area contributed by atoms with Gasteiger partial charge in [0.25, 0.3) is 0 Å². The van der Waals surface area contributed by atoms with Gasteiger partial charge in [-0.15, -0.1) is 11.8 Å². The number of thioether (sulfide) groups is 1. The Morgan fingerprint density at radius 2 is 2.10 bits per heavy atom. The highest BCUT2D eigenvalue weighted by Crippen LogP contribution is 2.42. The van der Waals surface area contributed by atoms with Crippen molar-refractivity contribution in [3.8, 4) is 5.75 Å². The molecule has 1 atom stereocenters. The minimum atomic E-state index is -4.35. The molecule has 1 fully saturated rings. The van der Waals surface area contributed by atoms with Crippen molar-refractivity contribution >= 4 is 11.8 Å². The van der Waals surface area contributed by atoms with Crippen LogP contribution in [0.15, 0.2) is 17.0 Å². The smallest absolute Gasteiger partial charge is 0.417 e. The highest BCUT2D eigenvalue weighted by molar-refractivity contribution is 7.98. The Bertz CT molecular complexity index is 470. The fourth-order valence-electron chi connectivity index (χ4n) is 2.58. The number of ether oxygens (including phenoxy) is 1. The number of hydrogen-bond acceptors (Lipinski definition) is 3. The van der Waals surface area contributed by atoms with Gasteiger partial charge in [-0.25, -0.2) is 0 Å². The van der Waals surface area contributed by atoms with Crippen molar-refractivity contribution in [2.45, 2.75) is 29.8 Å². The van der Waals surface area contributed by atoms with Crippen LogP contribution in [-0.4, -0.2) is 26.5 Å². The number of hydrogen-bond donors (Lipinski definition) is 1. The van der Waals surface area contributed by atoms with E-state index in [2.05, 4.69) is 5.32 Å². The number of benzene rings is 1. The highest BCUT2D eigenvalue weighted by Gasteiger charge is 2.35. The fraction of sp³-hybridized carbons (Fsp3) is 0.571. The third-order valence-corrected chi connectivity index (χ3v) is 4.37. The summed E-state index contributed by atoms with van der Waals surface area (Å²) in [7, 11) is 1.42. The van der Waals surface area contributed by atoms with Crippen LogP contribution in [0.1, 0.15) is 29.9 Å². The third-order valence-electron chi connectivity index (χ3n) is 3.59. The first-order valence-electron chi connectivity index (χ1n) is 6.51. The van der Waals surface area contributed by atoms with Gasteiger partial charge in [0.15, 0.2) is 0 Å². The first-order valence-corrected chi connectivity index (χ1v) is 7.73. The van der Waals surface area contributed by atoms with Gasteiger partial charge in [-0.05, 0) is 43.3 Å². The average molecular weight is 305 g/mol. The van der Waals surface area contributed by atoms with E-state index in [4.69, 9.17) is 4.74 Å². The van der Waals surface area contributed by atoms with Crippen LogP contribution in [0.2, 0.25) is 0 Å². The number of piperidine rings is 1. The van der Waals surface area contributed by atoms with Crippen molar-refractivity contribution in [3.05, 3.63) is 23.3 Å². The van der Waals surface area contributed by atoms with Crippen molar-refractivity contribution in [1.29, 1.82) is 0 Å². The Morgan fingerprint density at radius 1 is 1.35 bits per heavy atom. The van der Waals surface area contributed by atoms with Crippen LogP contribution < -0.4 is 10.1 Å². The van der Waals surface area contributed by atoms with E-state index in [0.717, 1.165) is 49.3 Å². The van der Waals surface area contributed by atoms with Gasteiger partial charge >= 0.3 is 6.18 Å². The van der Waals surface area contributed by atoms with Gasteiger partial charge in [0, 0.05) is 17.4 Å². The van der Waals surface area contributed by atoms with E-state index in [1.807, 2.05) is 0 Å². The zero-order valence-electron chi connectivity index (χ0n) is 11.5. The molecule has 1 aliphatic rings. The van der Waals surface area contributed by atoms with E-state index in [-0.39, 0.29) is 10.8 Å². The summed E-state index contributed by atoms with van der Waals surface area (Å²) in [6, 6.07) is 2.78. The van der Waals surface area contributed by atoms with E-state index in [1.54, 1.807) is 12.3 Å². The molecule has 1 aromatic rings. The Balaban J connectivity index is 2.46. The minimum Gasteiger partial charge on any atom is -0.496 e. The molecule has 1 saturated heterocycles. The Kier molecular flexibility index (Phi) is 4.86. The third kappa shape index (κ3) is 3.23. The number of nitrogens with one attached hydrogen (secondary N) is 1. The summed E-state index contributed by atoms with van der Waals surface area (Å²) in [4.78, 5) is 0.263. The molecule has 0 saturated carbocycles. The van der Waals surface area contributed by atoms with E-state index in [0.29, 0.717) is 5.75 Å². The van der Waals surface area contributed by atoms with Crippen LogP contribution in [0.4, 0.5) is 13.2 Å². The van der Waals surface area contributed by atoms with Crippen molar-refractivity contribution in [1.82, 2.24) is 5.32 Å². The van der Waals surface area contributed by atoms with Crippen LogP contribution in [-0.2, 0) is 6.18 Å². The molecular weight excluding hydrogens is 287 g/mol. The summed E-state index contributed by atoms with van der Waals surface area (Å²) >= 11 is 1.12. The fourth-order valence-corrected chi connectivity index (χ4v) is 3.22. The summed E-state index contributed by atoms with van der Waals surface area (Å²) in [6.07, 6.45) is -0.680. The predicted octanol–water partition coefficient (Wildman–Crippen LogP) is 3.90. The van der Waals surface area contributed by atoms with Crippen molar-refractivity contribution in [2.24, 2.45) is 0 Å². The van der Waals surface area contributed by atoms with Crippen LogP contribution in [0.25, 0.3) is 0 Å². The molecule has 1 aromatic carbocycles. The Hall–Kier alpha value is -0.880. The van der Waals surface area contributed by atoms with Gasteiger partial charge in [0.1, 0.15) is 5.75 Å². The number of alkyl halides is 3. The zero-order chi connectivity index (χ0) is 14.8. The number of rotatable bonds is 3. The average Bonchev–Trinajstić information content (AvgIpc) is 2.45. The molecule has 1 aliphatic heterocycles. The van der Waals surface area contributed by atoms with Gasteiger partial charge in [-0.1, -0.05) is 0 Å². The molecule has 0 bridgehead atoms. The quantitative estimate of drug-likeness (QED) is 0.856. The summed E-state index contributed by atoms with van der Waals surface area (Å²) in [6.45, 7) is 1.75. The first kappa shape index (κ1) is 15.5. The lowest BCUT2D eigenvalue weighted by molar-refractivity contribution is -0.139. The largest absolute Gasteiger partial charge is 0.496 e. The maximum absolute atomic E-state index is 13.0. The highest BCUT2D eigenvalue weighted by atomic mass is 32.2. The van der Waals surface area contributed by atoms with Crippen LogP contribution in [0.3, 0.4) is 0 Å². The lowest BCUT2D eigenvalue weighted by Crippen LogP contribution is -2.28. The SMILES string of the molecule is COc1cc(C(F)(F)F)c(SC)cc1[C@@H]1CCCNC1. The molecule has 2 rings (SSSR count). The molecule has 0 radical (unpaired) electrons. The molecule has 112 valence electrons. The van der Waals surface area contributed by atoms with E-state index in [1.165, 1.54) is 7.11 Å². The van der Waals surface area contributed by atoms with Crippen molar-refractivity contribution in [2.75, 3.05) is 26.5 Å². The van der Waals surface area contributed by atoms with Crippen LogP contribution in [0, 0.1) is 0 Å². The predicted molar refractivity (Wildman–Crippen MR) is 74.6 cm³/mol. The number of methoxy groups -OCH3 is 1. The summed E-state index contributed by atoms with van der Waals surface area (Å²) < 4.78 is 44.3. The minimum absolute atomic E-state index is 0.215. The van der Waals surface area contributed by atoms with E-state index < -0.39 is 11.7 Å². The molecule has 0 spiro atoms. The summed E-state index contributed by atoms with van der Waals surface area (Å²) in [5, 5.41) is 3.28. The van der Waals surface area contributed by atoms with Gasteiger partial charge in [-0.2, -0.15) is 13.2 Å². The molecule has 20 heavy (non-hydrogen) atoms. The lowest BCUT2D eigenvalue weighted by atomic mass is 9.90. The topological polar surface area (TPSA) is 21.3 Å². The summed E-state index contributed by atoms with van der Waals surface area (Å²) in [5.41, 5.74) is 0.256. The van der Waals surface area contributed by atoms with Crippen LogP contribution >= 0.6 is 11.8 Å². The summed E-state index contributed by atoms with van der Waals surface area (Å²) in [5.74, 6) is 0.552. The van der Waals surface area contributed by atoms with Crippen molar-refractivity contribution in [3.63, 3.8) is 0 Å². The van der Waals surface area contributed by atoms with Gasteiger partial charge < -0.3 is 10.1 Å².